The smallest absolute Gasteiger partial charge is 0.219 e. The molecule has 0 aliphatic rings. The first kappa shape index (κ1) is 22.0. The first-order chi connectivity index (χ1) is 13.6. The van der Waals surface area contributed by atoms with Gasteiger partial charge in [-0.3, -0.25) is 0 Å². The fourth-order valence-corrected chi connectivity index (χ4v) is 3.57. The van der Waals surface area contributed by atoms with Gasteiger partial charge in [0.25, 0.3) is 0 Å². The second kappa shape index (κ2) is 11.5. The standard InChI is InChI=1S/C25H36N2O/c1-6-12-22(16-15-20(4)5)27(17-7-2)24-19-26-25(18-21(24)8-3)28-23-13-10-9-11-14-23/h8-11,13-14,18-20,22H,3,6-7,12,15-17H2,1-2,4-5H3. The van der Waals surface area contributed by atoms with Gasteiger partial charge in [-0.15, -0.1) is 0 Å². The van der Waals surface area contributed by atoms with Crippen LogP contribution in [0.5, 0.6) is 11.6 Å². The van der Waals surface area contributed by atoms with Gasteiger partial charge in [-0.05, 0) is 43.7 Å². The summed E-state index contributed by atoms with van der Waals surface area (Å²) >= 11 is 0. The molecule has 2 rings (SSSR count). The highest BCUT2D eigenvalue weighted by Crippen LogP contribution is 2.31. The fourth-order valence-electron chi connectivity index (χ4n) is 3.57. The number of aromatic nitrogens is 1. The van der Waals surface area contributed by atoms with E-state index in [-0.39, 0.29) is 0 Å². The van der Waals surface area contributed by atoms with Gasteiger partial charge in [-0.1, -0.05) is 65.0 Å². The number of para-hydroxylation sites is 1. The van der Waals surface area contributed by atoms with Gasteiger partial charge in [0, 0.05) is 24.2 Å². The van der Waals surface area contributed by atoms with Crippen LogP contribution in [0.25, 0.3) is 6.08 Å². The minimum absolute atomic E-state index is 0.536. The number of rotatable bonds is 12. The molecule has 0 saturated heterocycles. The lowest BCUT2D eigenvalue weighted by Gasteiger charge is -2.35. The zero-order chi connectivity index (χ0) is 20.4. The Morgan fingerprint density at radius 2 is 1.82 bits per heavy atom. The number of nitrogens with zero attached hydrogens (tertiary/aromatic N) is 2. The molecule has 1 unspecified atom stereocenters. The van der Waals surface area contributed by atoms with E-state index < -0.39 is 0 Å². The summed E-state index contributed by atoms with van der Waals surface area (Å²) in [4.78, 5) is 7.16. The Morgan fingerprint density at radius 3 is 2.43 bits per heavy atom. The minimum Gasteiger partial charge on any atom is -0.439 e. The molecule has 1 atom stereocenters. The summed E-state index contributed by atoms with van der Waals surface area (Å²) in [5.41, 5.74) is 2.25. The van der Waals surface area contributed by atoms with Gasteiger partial charge in [-0.2, -0.15) is 0 Å². The number of anilines is 1. The van der Waals surface area contributed by atoms with Crippen molar-refractivity contribution in [1.82, 2.24) is 4.98 Å². The van der Waals surface area contributed by atoms with Crippen LogP contribution < -0.4 is 9.64 Å². The predicted molar refractivity (Wildman–Crippen MR) is 121 cm³/mol. The maximum absolute atomic E-state index is 5.93. The van der Waals surface area contributed by atoms with E-state index >= 15 is 0 Å². The highest BCUT2D eigenvalue weighted by molar-refractivity contribution is 5.67. The van der Waals surface area contributed by atoms with Crippen molar-refractivity contribution in [2.75, 3.05) is 11.4 Å². The zero-order valence-electron chi connectivity index (χ0n) is 18.0. The maximum Gasteiger partial charge on any atom is 0.219 e. The second-order valence-corrected chi connectivity index (χ2v) is 7.81. The van der Waals surface area contributed by atoms with Crippen LogP contribution in [-0.4, -0.2) is 17.6 Å². The van der Waals surface area contributed by atoms with E-state index in [4.69, 9.17) is 4.74 Å². The molecular weight excluding hydrogens is 344 g/mol. The van der Waals surface area contributed by atoms with Crippen molar-refractivity contribution >= 4 is 11.8 Å². The molecule has 0 aliphatic carbocycles. The molecule has 28 heavy (non-hydrogen) atoms. The third-order valence-corrected chi connectivity index (χ3v) is 4.99. The summed E-state index contributed by atoms with van der Waals surface area (Å²) in [5.74, 6) is 2.13. The van der Waals surface area contributed by atoms with Crippen molar-refractivity contribution in [3.05, 3.63) is 54.7 Å². The van der Waals surface area contributed by atoms with Crippen LogP contribution in [0.2, 0.25) is 0 Å². The minimum atomic E-state index is 0.536. The average molecular weight is 381 g/mol. The molecule has 0 saturated carbocycles. The third kappa shape index (κ3) is 6.40. The summed E-state index contributed by atoms with van der Waals surface area (Å²) in [6, 6.07) is 12.3. The molecule has 0 spiro atoms. The van der Waals surface area contributed by atoms with Gasteiger partial charge in [0.15, 0.2) is 0 Å². The Hall–Kier alpha value is -2.29. The maximum atomic E-state index is 5.93. The lowest BCUT2D eigenvalue weighted by atomic mass is 9.97. The largest absolute Gasteiger partial charge is 0.439 e. The van der Waals surface area contributed by atoms with Gasteiger partial charge in [0.2, 0.25) is 5.88 Å². The normalized spacial score (nSPS) is 12.0. The fraction of sp³-hybridized carbons (Fsp3) is 0.480. The topological polar surface area (TPSA) is 25.4 Å². The molecule has 1 aromatic heterocycles. The predicted octanol–water partition coefficient (Wildman–Crippen LogP) is 7.34. The Bertz CT molecular complexity index is 712. The first-order valence-corrected chi connectivity index (χ1v) is 10.7. The van der Waals surface area contributed by atoms with E-state index in [1.54, 1.807) is 0 Å². The average Bonchev–Trinajstić information content (AvgIpc) is 2.70. The number of pyridine rings is 1. The van der Waals surface area contributed by atoms with Crippen LogP contribution in [0.3, 0.4) is 0 Å². The van der Waals surface area contributed by atoms with Gasteiger partial charge in [0.05, 0.1) is 11.9 Å². The third-order valence-electron chi connectivity index (χ3n) is 4.99. The Labute approximate surface area is 171 Å². The van der Waals surface area contributed by atoms with Gasteiger partial charge >= 0.3 is 0 Å². The van der Waals surface area contributed by atoms with E-state index in [0.717, 1.165) is 30.2 Å². The number of benzene rings is 1. The summed E-state index contributed by atoms with van der Waals surface area (Å²) in [6.07, 6.45) is 9.84. The Morgan fingerprint density at radius 1 is 1.07 bits per heavy atom. The van der Waals surface area contributed by atoms with Gasteiger partial charge < -0.3 is 9.64 Å². The van der Waals surface area contributed by atoms with Crippen LogP contribution in [-0.2, 0) is 0 Å². The molecular formula is C25H36N2O. The SMILES string of the molecule is C=Cc1cc(Oc2ccccc2)ncc1N(CCC)C(CCC)CCC(C)C. The van der Waals surface area contributed by atoms with E-state index in [2.05, 4.69) is 44.2 Å². The van der Waals surface area contributed by atoms with Crippen molar-refractivity contribution in [3.63, 3.8) is 0 Å². The Kier molecular flexibility index (Phi) is 9.06. The highest BCUT2D eigenvalue weighted by atomic mass is 16.5. The summed E-state index contributed by atoms with van der Waals surface area (Å²) in [6.45, 7) is 14.2. The molecule has 0 bridgehead atoms. The van der Waals surface area contributed by atoms with Gasteiger partial charge in [-0.25, -0.2) is 4.98 Å². The molecule has 0 aliphatic heterocycles. The van der Waals surface area contributed by atoms with E-state index in [1.807, 2.05) is 48.7 Å². The number of hydrogen-bond donors (Lipinski definition) is 0. The van der Waals surface area contributed by atoms with Crippen molar-refractivity contribution in [1.29, 1.82) is 0 Å². The van der Waals surface area contributed by atoms with Crippen LogP contribution in [0.15, 0.2) is 49.2 Å². The van der Waals surface area contributed by atoms with E-state index in [9.17, 15) is 0 Å². The molecule has 0 N–H and O–H groups in total. The highest BCUT2D eigenvalue weighted by Gasteiger charge is 2.21. The first-order valence-electron chi connectivity index (χ1n) is 10.7. The molecule has 1 heterocycles. The second-order valence-electron chi connectivity index (χ2n) is 7.81. The molecule has 0 fully saturated rings. The molecule has 152 valence electrons. The van der Waals surface area contributed by atoms with Crippen LogP contribution in [0.4, 0.5) is 5.69 Å². The van der Waals surface area contributed by atoms with Crippen molar-refractivity contribution in [2.24, 2.45) is 5.92 Å². The van der Waals surface area contributed by atoms with Crippen LogP contribution >= 0.6 is 0 Å². The molecule has 0 amide bonds. The van der Waals surface area contributed by atoms with Gasteiger partial charge in [0.1, 0.15) is 5.75 Å². The monoisotopic (exact) mass is 380 g/mol. The summed E-state index contributed by atoms with van der Waals surface area (Å²) in [5, 5.41) is 0. The molecule has 2 aromatic rings. The van der Waals surface area contributed by atoms with Crippen molar-refractivity contribution < 1.29 is 4.74 Å². The number of ether oxygens (including phenoxy) is 1. The summed E-state index contributed by atoms with van der Waals surface area (Å²) < 4.78 is 5.93. The van der Waals surface area contributed by atoms with E-state index in [0.29, 0.717) is 11.9 Å². The quantitative estimate of drug-likeness (QED) is 0.385. The molecule has 0 radical (unpaired) electrons. The summed E-state index contributed by atoms with van der Waals surface area (Å²) in [7, 11) is 0. The molecule has 3 nitrogen and oxygen atoms in total. The van der Waals surface area contributed by atoms with Crippen molar-refractivity contribution in [3.8, 4) is 11.6 Å². The van der Waals surface area contributed by atoms with Crippen LogP contribution in [0.1, 0.15) is 65.4 Å². The van der Waals surface area contributed by atoms with Crippen LogP contribution in [0, 0.1) is 5.92 Å². The lowest BCUT2D eigenvalue weighted by molar-refractivity contribution is 0.445. The molecule has 1 aromatic carbocycles. The zero-order valence-corrected chi connectivity index (χ0v) is 18.0. The number of hydrogen-bond acceptors (Lipinski definition) is 3. The Balaban J connectivity index is 2.29. The lowest BCUT2D eigenvalue weighted by Crippen LogP contribution is -2.37. The van der Waals surface area contributed by atoms with E-state index in [1.165, 1.54) is 31.4 Å². The molecule has 3 heteroatoms. The van der Waals surface area contributed by atoms with Crippen molar-refractivity contribution in [2.45, 2.75) is 65.8 Å².